The van der Waals surface area contributed by atoms with Crippen LogP contribution in [0.3, 0.4) is 0 Å². The third-order valence-electron chi connectivity index (χ3n) is 3.50. The maximum absolute atomic E-state index is 10.9. The first-order valence-electron chi connectivity index (χ1n) is 6.44. The van der Waals surface area contributed by atoms with E-state index in [1.807, 2.05) is 33.9 Å². The number of nitrogens with one attached hydrogen (secondary N) is 1. The zero-order valence-electron chi connectivity index (χ0n) is 12.3. The van der Waals surface area contributed by atoms with Crippen molar-refractivity contribution in [1.82, 2.24) is 5.32 Å². The quantitative estimate of drug-likeness (QED) is 0.830. The molecule has 0 aliphatic carbocycles. The van der Waals surface area contributed by atoms with Crippen LogP contribution in [0.15, 0.2) is 12.1 Å². The number of ether oxygens (including phenoxy) is 1. The standard InChI is InChI=1S/C15H23NO3/c1-9-7-13(19-5)10(2)6-12(9)15(16-4)11(3)8-14(17)18/h6-7,11,15-16H,8H2,1-5H3,(H,17,18). The summed E-state index contributed by atoms with van der Waals surface area (Å²) in [6, 6.07) is 4.11. The second-order valence-electron chi connectivity index (χ2n) is 5.02. The molecule has 2 N–H and O–H groups in total. The van der Waals surface area contributed by atoms with Gasteiger partial charge in [-0.25, -0.2) is 0 Å². The van der Waals surface area contributed by atoms with Crippen LogP contribution in [0.1, 0.15) is 36.1 Å². The van der Waals surface area contributed by atoms with Crippen molar-refractivity contribution in [2.24, 2.45) is 5.92 Å². The Labute approximate surface area is 114 Å². The van der Waals surface area contributed by atoms with E-state index in [1.165, 1.54) is 0 Å². The highest BCUT2D eigenvalue weighted by molar-refractivity contribution is 5.67. The van der Waals surface area contributed by atoms with Gasteiger partial charge in [0.25, 0.3) is 0 Å². The van der Waals surface area contributed by atoms with Gasteiger partial charge < -0.3 is 15.2 Å². The minimum atomic E-state index is -0.768. The maximum Gasteiger partial charge on any atom is 0.303 e. The van der Waals surface area contributed by atoms with Crippen molar-refractivity contribution in [2.45, 2.75) is 33.2 Å². The molecule has 0 aliphatic heterocycles. The molecule has 1 aromatic carbocycles. The molecule has 0 heterocycles. The van der Waals surface area contributed by atoms with Crippen LogP contribution in [0.25, 0.3) is 0 Å². The molecule has 0 spiro atoms. The van der Waals surface area contributed by atoms with Gasteiger partial charge >= 0.3 is 5.97 Å². The molecule has 0 aromatic heterocycles. The molecule has 1 rings (SSSR count). The van der Waals surface area contributed by atoms with Crippen LogP contribution in [-0.2, 0) is 4.79 Å². The van der Waals surface area contributed by atoms with Crippen molar-refractivity contribution in [3.63, 3.8) is 0 Å². The van der Waals surface area contributed by atoms with Crippen molar-refractivity contribution in [2.75, 3.05) is 14.2 Å². The summed E-state index contributed by atoms with van der Waals surface area (Å²) < 4.78 is 5.30. The molecule has 0 bridgehead atoms. The number of hydrogen-bond donors (Lipinski definition) is 2. The molecule has 0 aliphatic rings. The first-order valence-corrected chi connectivity index (χ1v) is 6.44. The summed E-state index contributed by atoms with van der Waals surface area (Å²) in [6.45, 7) is 5.97. The van der Waals surface area contributed by atoms with Crippen molar-refractivity contribution in [3.05, 3.63) is 28.8 Å². The summed E-state index contributed by atoms with van der Waals surface area (Å²) in [7, 11) is 3.52. The van der Waals surface area contributed by atoms with Gasteiger partial charge in [0.15, 0.2) is 0 Å². The second-order valence-corrected chi connectivity index (χ2v) is 5.02. The fraction of sp³-hybridized carbons (Fsp3) is 0.533. The van der Waals surface area contributed by atoms with Crippen molar-refractivity contribution < 1.29 is 14.6 Å². The van der Waals surface area contributed by atoms with E-state index in [2.05, 4.69) is 11.4 Å². The highest BCUT2D eigenvalue weighted by Gasteiger charge is 2.22. The third kappa shape index (κ3) is 3.70. The van der Waals surface area contributed by atoms with Crippen molar-refractivity contribution in [1.29, 1.82) is 0 Å². The highest BCUT2D eigenvalue weighted by atomic mass is 16.5. The van der Waals surface area contributed by atoms with Gasteiger partial charge in [-0.1, -0.05) is 13.0 Å². The molecule has 2 atom stereocenters. The SMILES string of the molecule is CNC(c1cc(C)c(OC)cc1C)C(C)CC(=O)O. The monoisotopic (exact) mass is 265 g/mol. The highest BCUT2D eigenvalue weighted by Crippen LogP contribution is 2.31. The predicted octanol–water partition coefficient (Wildman–Crippen LogP) is 2.68. The lowest BCUT2D eigenvalue weighted by Crippen LogP contribution is -2.26. The fourth-order valence-corrected chi connectivity index (χ4v) is 2.51. The Bertz CT molecular complexity index is 457. The van der Waals surface area contributed by atoms with Crippen LogP contribution in [0.4, 0.5) is 0 Å². The van der Waals surface area contributed by atoms with E-state index in [0.29, 0.717) is 0 Å². The van der Waals surface area contributed by atoms with Gasteiger partial charge in [0.1, 0.15) is 5.75 Å². The first kappa shape index (κ1) is 15.5. The van der Waals surface area contributed by atoms with E-state index in [4.69, 9.17) is 9.84 Å². The largest absolute Gasteiger partial charge is 0.496 e. The Hall–Kier alpha value is -1.55. The third-order valence-corrected chi connectivity index (χ3v) is 3.50. The van der Waals surface area contributed by atoms with Gasteiger partial charge in [0.05, 0.1) is 7.11 Å². The van der Waals surface area contributed by atoms with E-state index in [9.17, 15) is 4.79 Å². The van der Waals surface area contributed by atoms with Gasteiger partial charge in [-0.2, -0.15) is 0 Å². The van der Waals surface area contributed by atoms with Crippen molar-refractivity contribution >= 4 is 5.97 Å². The van der Waals surface area contributed by atoms with Crippen LogP contribution in [0.5, 0.6) is 5.75 Å². The summed E-state index contributed by atoms with van der Waals surface area (Å²) in [4.78, 5) is 10.9. The van der Waals surface area contributed by atoms with Gasteiger partial charge in [-0.15, -0.1) is 0 Å². The average Bonchev–Trinajstić information content (AvgIpc) is 2.33. The molecular weight excluding hydrogens is 242 g/mol. The molecule has 19 heavy (non-hydrogen) atoms. The van der Waals surface area contributed by atoms with Crippen LogP contribution in [0, 0.1) is 19.8 Å². The summed E-state index contributed by atoms with van der Waals surface area (Å²) in [6.07, 6.45) is 0.149. The summed E-state index contributed by atoms with van der Waals surface area (Å²) in [5, 5.41) is 12.2. The molecule has 1 aromatic rings. The Morgan fingerprint density at radius 1 is 1.37 bits per heavy atom. The molecule has 4 heteroatoms. The molecule has 0 amide bonds. The van der Waals surface area contributed by atoms with E-state index in [1.54, 1.807) is 7.11 Å². The molecule has 0 fully saturated rings. The number of aliphatic carboxylic acids is 1. The molecule has 2 unspecified atom stereocenters. The molecule has 0 radical (unpaired) electrons. The number of carbonyl (C=O) groups is 1. The predicted molar refractivity (Wildman–Crippen MR) is 75.7 cm³/mol. The van der Waals surface area contributed by atoms with E-state index < -0.39 is 5.97 Å². The number of hydrogen-bond acceptors (Lipinski definition) is 3. The van der Waals surface area contributed by atoms with Gasteiger partial charge in [0.2, 0.25) is 0 Å². The van der Waals surface area contributed by atoms with E-state index in [0.717, 1.165) is 22.4 Å². The summed E-state index contributed by atoms with van der Waals surface area (Å²) >= 11 is 0. The molecular formula is C15H23NO3. The zero-order valence-corrected chi connectivity index (χ0v) is 12.3. The minimum Gasteiger partial charge on any atom is -0.496 e. The average molecular weight is 265 g/mol. The lowest BCUT2D eigenvalue weighted by molar-refractivity contribution is -0.138. The number of benzene rings is 1. The number of carboxylic acid groups (broad SMARTS) is 1. The summed E-state index contributed by atoms with van der Waals surface area (Å²) in [5.74, 6) is 0.117. The molecule has 106 valence electrons. The van der Waals surface area contributed by atoms with Gasteiger partial charge in [-0.05, 0) is 49.6 Å². The van der Waals surface area contributed by atoms with Crippen LogP contribution in [0.2, 0.25) is 0 Å². The number of methoxy groups -OCH3 is 1. The molecule has 0 saturated carbocycles. The first-order chi connectivity index (χ1) is 8.90. The Morgan fingerprint density at radius 3 is 2.47 bits per heavy atom. The van der Waals surface area contributed by atoms with Crippen LogP contribution < -0.4 is 10.1 Å². The van der Waals surface area contributed by atoms with E-state index in [-0.39, 0.29) is 18.4 Å². The minimum absolute atomic E-state index is 0.0222. The fourth-order valence-electron chi connectivity index (χ4n) is 2.51. The smallest absolute Gasteiger partial charge is 0.303 e. The Kier molecular flexibility index (Phi) is 5.36. The van der Waals surface area contributed by atoms with Gasteiger partial charge in [-0.3, -0.25) is 4.79 Å². The van der Waals surface area contributed by atoms with Crippen molar-refractivity contribution in [3.8, 4) is 5.75 Å². The molecule has 4 nitrogen and oxygen atoms in total. The van der Waals surface area contributed by atoms with Crippen LogP contribution in [-0.4, -0.2) is 25.2 Å². The van der Waals surface area contributed by atoms with E-state index >= 15 is 0 Å². The number of aryl methyl sites for hydroxylation is 2. The molecule has 0 saturated heterocycles. The topological polar surface area (TPSA) is 58.6 Å². The Morgan fingerprint density at radius 2 is 2.00 bits per heavy atom. The zero-order chi connectivity index (χ0) is 14.6. The summed E-state index contributed by atoms with van der Waals surface area (Å²) in [5.41, 5.74) is 3.31. The number of rotatable bonds is 6. The second kappa shape index (κ2) is 6.57. The van der Waals surface area contributed by atoms with Gasteiger partial charge in [0, 0.05) is 12.5 Å². The lowest BCUT2D eigenvalue weighted by atomic mass is 9.88. The Balaban J connectivity index is 3.11. The lowest BCUT2D eigenvalue weighted by Gasteiger charge is -2.25. The number of carboxylic acids is 1. The maximum atomic E-state index is 10.9. The van der Waals surface area contributed by atoms with Crippen LogP contribution >= 0.6 is 0 Å². The normalized spacial score (nSPS) is 13.9.